The first-order chi connectivity index (χ1) is 26.5. The first-order valence-electron chi connectivity index (χ1n) is 17.7. The van der Waals surface area contributed by atoms with Gasteiger partial charge in [0.05, 0.1) is 21.9 Å². The molecule has 7 rings (SSSR count). The molecule has 0 bridgehead atoms. The molecule has 0 saturated heterocycles. The fraction of sp³-hybridized carbons (Fsp3) is 0.190. The molecule has 5 aromatic carbocycles. The lowest BCUT2D eigenvalue weighted by Gasteiger charge is -2.15. The van der Waals surface area contributed by atoms with E-state index >= 15 is 8.78 Å². The number of aryl methyl sites for hydroxylation is 2. The van der Waals surface area contributed by atoms with Crippen LogP contribution in [0.4, 0.5) is 17.6 Å². The Labute approximate surface area is 321 Å². The molecule has 56 heavy (non-hydrogen) atoms. The first-order valence-corrected chi connectivity index (χ1v) is 20.7. The Morgan fingerprint density at radius 2 is 0.804 bits per heavy atom. The van der Waals surface area contributed by atoms with Gasteiger partial charge in [0.25, 0.3) is 20.2 Å². The van der Waals surface area contributed by atoms with Gasteiger partial charge < -0.3 is 9.13 Å². The van der Waals surface area contributed by atoms with E-state index in [2.05, 4.69) is 0 Å². The van der Waals surface area contributed by atoms with Gasteiger partial charge in [0.15, 0.2) is 0 Å². The minimum absolute atomic E-state index is 0.0112. The van der Waals surface area contributed by atoms with Gasteiger partial charge in [0.2, 0.25) is 0 Å². The molecule has 0 aliphatic heterocycles. The fourth-order valence-corrected chi connectivity index (χ4v) is 8.12. The smallest absolute Gasteiger partial charge is 0.267 e. The molecule has 2 N–H and O–H groups in total. The molecule has 0 aliphatic rings. The van der Waals surface area contributed by atoms with E-state index in [0.717, 1.165) is 0 Å². The predicted molar refractivity (Wildman–Crippen MR) is 210 cm³/mol. The van der Waals surface area contributed by atoms with Gasteiger partial charge in [-0.25, -0.2) is 17.6 Å². The standard InChI is InChI=1S/C42H36F4N2O6S2/c1-25(55(49,50)51)15-17-47-37-23-36-38(24-35(37)39(27-7-3-11-31(43)19-27)41(47)29-9-5-13-33(45)21-29)48(18-16-26(2)56(52,53)54)42(30-10-6-14-34(46)22-30)40(36)28-8-4-12-32(44)20-28/h3-14,19-26H,15-18H2,1-2H3,(H,49,50,51)(H,52,53,54). The van der Waals surface area contributed by atoms with E-state index in [1.165, 1.54) is 86.6 Å². The van der Waals surface area contributed by atoms with Crippen LogP contribution in [0.3, 0.4) is 0 Å². The van der Waals surface area contributed by atoms with Gasteiger partial charge in [-0.3, -0.25) is 9.11 Å². The second-order valence-corrected chi connectivity index (χ2v) is 17.6. The average molecular weight is 805 g/mol. The van der Waals surface area contributed by atoms with Crippen molar-refractivity contribution in [1.29, 1.82) is 0 Å². The van der Waals surface area contributed by atoms with E-state index in [1.54, 1.807) is 45.5 Å². The summed E-state index contributed by atoms with van der Waals surface area (Å²) in [5.74, 6) is -2.24. The number of aromatic nitrogens is 2. The van der Waals surface area contributed by atoms with Crippen molar-refractivity contribution in [2.45, 2.75) is 50.3 Å². The van der Waals surface area contributed by atoms with Crippen molar-refractivity contribution < 1.29 is 43.5 Å². The summed E-state index contributed by atoms with van der Waals surface area (Å²) in [6.07, 6.45) is -0.156. The number of halogens is 4. The zero-order valence-corrected chi connectivity index (χ0v) is 31.8. The summed E-state index contributed by atoms with van der Waals surface area (Å²) in [6, 6.07) is 26.7. The summed E-state index contributed by atoms with van der Waals surface area (Å²) < 4.78 is 132. The third kappa shape index (κ3) is 7.61. The van der Waals surface area contributed by atoms with Crippen LogP contribution >= 0.6 is 0 Å². The van der Waals surface area contributed by atoms with Crippen molar-refractivity contribution >= 4 is 42.0 Å². The quantitative estimate of drug-likeness (QED) is 0.0938. The van der Waals surface area contributed by atoms with Gasteiger partial charge >= 0.3 is 0 Å². The van der Waals surface area contributed by atoms with E-state index < -0.39 is 54.0 Å². The summed E-state index contributed by atoms with van der Waals surface area (Å²) in [5.41, 5.74) is 4.34. The van der Waals surface area contributed by atoms with Crippen molar-refractivity contribution in [2.24, 2.45) is 0 Å². The van der Waals surface area contributed by atoms with Gasteiger partial charge in [-0.1, -0.05) is 48.5 Å². The van der Waals surface area contributed by atoms with Crippen LogP contribution in [0.15, 0.2) is 109 Å². The van der Waals surface area contributed by atoms with Crippen molar-refractivity contribution in [3.63, 3.8) is 0 Å². The van der Waals surface area contributed by atoms with Crippen LogP contribution in [0.5, 0.6) is 0 Å². The Hall–Kier alpha value is -5.28. The van der Waals surface area contributed by atoms with Gasteiger partial charge in [-0.05, 0) is 98.5 Å². The number of hydrogen-bond donors (Lipinski definition) is 2. The van der Waals surface area contributed by atoms with Crippen molar-refractivity contribution in [3.8, 4) is 44.8 Å². The maximum Gasteiger partial charge on any atom is 0.267 e. The molecule has 0 amide bonds. The molecule has 7 aromatic rings. The molecular weight excluding hydrogens is 769 g/mol. The maximum absolute atomic E-state index is 15.0. The molecule has 0 saturated carbocycles. The third-order valence-corrected chi connectivity index (χ3v) is 12.7. The summed E-state index contributed by atoms with van der Waals surface area (Å²) in [4.78, 5) is 0. The fourth-order valence-electron chi connectivity index (χ4n) is 7.32. The number of nitrogens with zero attached hydrogens (tertiary/aromatic N) is 2. The molecule has 0 aliphatic carbocycles. The Balaban J connectivity index is 1.67. The van der Waals surface area contributed by atoms with E-state index in [-0.39, 0.29) is 25.9 Å². The molecule has 0 radical (unpaired) electrons. The highest BCUT2D eigenvalue weighted by Crippen LogP contribution is 2.47. The van der Waals surface area contributed by atoms with Crippen LogP contribution in [0.1, 0.15) is 26.7 Å². The molecule has 8 nitrogen and oxygen atoms in total. The largest absolute Gasteiger partial charge is 0.340 e. The lowest BCUT2D eigenvalue weighted by Crippen LogP contribution is -2.19. The second-order valence-electron chi connectivity index (χ2n) is 13.9. The number of hydrogen-bond acceptors (Lipinski definition) is 4. The van der Waals surface area contributed by atoms with E-state index in [4.69, 9.17) is 0 Å². The Morgan fingerprint density at radius 3 is 1.11 bits per heavy atom. The van der Waals surface area contributed by atoms with Crippen LogP contribution in [0.25, 0.3) is 66.6 Å². The number of benzene rings is 5. The Morgan fingerprint density at radius 1 is 0.500 bits per heavy atom. The molecule has 0 spiro atoms. The van der Waals surface area contributed by atoms with Gasteiger partial charge in [-0.15, -0.1) is 0 Å². The minimum atomic E-state index is -4.46. The zero-order valence-electron chi connectivity index (χ0n) is 30.1. The van der Waals surface area contributed by atoms with Crippen molar-refractivity contribution in [3.05, 3.63) is 132 Å². The normalized spacial score (nSPS) is 13.4. The monoisotopic (exact) mass is 804 g/mol. The second kappa shape index (κ2) is 15.0. The lowest BCUT2D eigenvalue weighted by molar-refractivity contribution is 0.460. The number of rotatable bonds is 12. The topological polar surface area (TPSA) is 119 Å². The highest BCUT2D eigenvalue weighted by Gasteiger charge is 2.28. The highest BCUT2D eigenvalue weighted by molar-refractivity contribution is 7.86. The Bertz CT molecular complexity index is 2680. The number of fused-ring (bicyclic) bond motifs is 2. The van der Waals surface area contributed by atoms with E-state index in [1.807, 2.05) is 0 Å². The molecular formula is C42H36F4N2O6S2. The van der Waals surface area contributed by atoms with Crippen LogP contribution < -0.4 is 0 Å². The lowest BCUT2D eigenvalue weighted by atomic mass is 9.96. The maximum atomic E-state index is 15.0. The van der Waals surface area contributed by atoms with Crippen LogP contribution in [-0.2, 0) is 33.3 Å². The van der Waals surface area contributed by atoms with Gasteiger partial charge in [0.1, 0.15) is 23.3 Å². The summed E-state index contributed by atoms with van der Waals surface area (Å²) in [5, 5.41) is -1.37. The molecule has 14 heteroatoms. The van der Waals surface area contributed by atoms with Crippen LogP contribution in [0, 0.1) is 23.3 Å². The average Bonchev–Trinajstić information content (AvgIpc) is 3.62. The van der Waals surface area contributed by atoms with Gasteiger partial charge in [0, 0.05) is 57.1 Å². The summed E-state index contributed by atoms with van der Waals surface area (Å²) in [6.45, 7) is 2.69. The molecule has 290 valence electrons. The van der Waals surface area contributed by atoms with Crippen molar-refractivity contribution in [1.82, 2.24) is 9.13 Å². The van der Waals surface area contributed by atoms with Crippen LogP contribution in [0.2, 0.25) is 0 Å². The zero-order chi connectivity index (χ0) is 40.1. The van der Waals surface area contributed by atoms with Crippen LogP contribution in [-0.4, -0.2) is 45.6 Å². The molecule has 2 unspecified atom stereocenters. The van der Waals surface area contributed by atoms with E-state index in [0.29, 0.717) is 66.6 Å². The highest BCUT2D eigenvalue weighted by atomic mass is 32.2. The van der Waals surface area contributed by atoms with Crippen molar-refractivity contribution in [2.75, 3.05) is 0 Å². The predicted octanol–water partition coefficient (Wildman–Crippen LogP) is 10.2. The first kappa shape index (κ1) is 39.0. The van der Waals surface area contributed by atoms with E-state index in [9.17, 15) is 34.7 Å². The van der Waals surface area contributed by atoms with Gasteiger partial charge in [-0.2, -0.15) is 16.8 Å². The summed E-state index contributed by atoms with van der Waals surface area (Å²) in [7, 11) is -8.91. The minimum Gasteiger partial charge on any atom is -0.340 e. The summed E-state index contributed by atoms with van der Waals surface area (Å²) >= 11 is 0. The molecule has 2 heterocycles. The molecule has 0 fully saturated rings. The molecule has 2 atom stereocenters. The third-order valence-electron chi connectivity index (χ3n) is 10.2. The SMILES string of the molecule is CC(CCn1c(-c2cccc(F)c2)c(-c2cccc(F)c2)c2cc3c(cc21)c(-c1cccc(F)c1)c(-c1cccc(F)c1)n3CCC(C)S(=O)(=O)O)S(=O)(=O)O. The Kier molecular flexibility index (Phi) is 10.4. The molecule has 2 aromatic heterocycles.